The largest absolute Gasteiger partial charge is 0.440 e. The standard InChI is InChI=1S/C9H13ClN2O2/c1-12(2)6-5-11-9(13)7-3-4-8(10)14-7/h3-4H,5-6H2,1-2H3,(H,11,13). The Bertz CT molecular complexity index is 310. The van der Waals surface area contributed by atoms with Gasteiger partial charge in [0, 0.05) is 13.1 Å². The zero-order valence-corrected chi connectivity index (χ0v) is 8.97. The first-order valence-corrected chi connectivity index (χ1v) is 4.65. The average molecular weight is 217 g/mol. The van der Waals surface area contributed by atoms with Gasteiger partial charge in [0.1, 0.15) is 0 Å². The fourth-order valence-electron chi connectivity index (χ4n) is 0.916. The van der Waals surface area contributed by atoms with Crippen molar-refractivity contribution in [2.45, 2.75) is 0 Å². The summed E-state index contributed by atoms with van der Waals surface area (Å²) in [6.07, 6.45) is 0. The molecule has 4 nitrogen and oxygen atoms in total. The third-order valence-corrected chi connectivity index (χ3v) is 1.84. The van der Waals surface area contributed by atoms with Crippen LogP contribution in [0.5, 0.6) is 0 Å². The minimum absolute atomic E-state index is 0.225. The van der Waals surface area contributed by atoms with Crippen molar-refractivity contribution in [3.8, 4) is 0 Å². The summed E-state index contributed by atoms with van der Waals surface area (Å²) in [4.78, 5) is 13.3. The van der Waals surface area contributed by atoms with Crippen LogP contribution in [0.3, 0.4) is 0 Å². The lowest BCUT2D eigenvalue weighted by Crippen LogP contribution is -2.31. The maximum atomic E-state index is 11.4. The van der Waals surface area contributed by atoms with Gasteiger partial charge in [-0.05, 0) is 37.8 Å². The van der Waals surface area contributed by atoms with E-state index in [1.807, 2.05) is 19.0 Å². The summed E-state index contributed by atoms with van der Waals surface area (Å²) in [5.41, 5.74) is 0. The number of furan rings is 1. The van der Waals surface area contributed by atoms with Gasteiger partial charge < -0.3 is 14.6 Å². The third-order valence-electron chi connectivity index (χ3n) is 1.64. The quantitative estimate of drug-likeness (QED) is 0.824. The molecule has 0 aliphatic heterocycles. The lowest BCUT2D eigenvalue weighted by Gasteiger charge is -2.09. The van der Waals surface area contributed by atoms with Crippen LogP contribution in [0.15, 0.2) is 16.5 Å². The lowest BCUT2D eigenvalue weighted by molar-refractivity contribution is 0.0923. The normalized spacial score (nSPS) is 10.6. The van der Waals surface area contributed by atoms with E-state index < -0.39 is 0 Å². The number of nitrogens with one attached hydrogen (secondary N) is 1. The van der Waals surface area contributed by atoms with Gasteiger partial charge in [-0.2, -0.15) is 0 Å². The zero-order chi connectivity index (χ0) is 10.6. The molecule has 0 aliphatic rings. The van der Waals surface area contributed by atoms with Gasteiger partial charge >= 0.3 is 0 Å². The van der Waals surface area contributed by atoms with Gasteiger partial charge in [0.25, 0.3) is 5.91 Å². The Balaban J connectivity index is 2.36. The SMILES string of the molecule is CN(C)CCNC(=O)c1ccc(Cl)o1. The minimum Gasteiger partial charge on any atom is -0.440 e. The highest BCUT2D eigenvalue weighted by Gasteiger charge is 2.09. The summed E-state index contributed by atoms with van der Waals surface area (Å²) in [6.45, 7) is 1.38. The van der Waals surface area contributed by atoms with Crippen molar-refractivity contribution in [3.05, 3.63) is 23.1 Å². The number of hydrogen-bond acceptors (Lipinski definition) is 3. The lowest BCUT2D eigenvalue weighted by atomic mass is 10.4. The Morgan fingerprint density at radius 3 is 2.79 bits per heavy atom. The van der Waals surface area contributed by atoms with E-state index in [1.165, 1.54) is 0 Å². The molecule has 1 rings (SSSR count). The van der Waals surface area contributed by atoms with Gasteiger partial charge in [0.2, 0.25) is 0 Å². The van der Waals surface area contributed by atoms with Crippen molar-refractivity contribution in [1.82, 2.24) is 10.2 Å². The number of nitrogens with zero attached hydrogens (tertiary/aromatic N) is 1. The highest BCUT2D eigenvalue weighted by molar-refractivity contribution is 6.29. The molecule has 0 aromatic carbocycles. The summed E-state index contributed by atoms with van der Waals surface area (Å²) in [5, 5.41) is 2.94. The van der Waals surface area contributed by atoms with Crippen molar-refractivity contribution in [3.63, 3.8) is 0 Å². The number of amides is 1. The maximum Gasteiger partial charge on any atom is 0.287 e. The number of carbonyl (C=O) groups excluding carboxylic acids is 1. The molecule has 0 atom stereocenters. The molecular formula is C9H13ClN2O2. The Morgan fingerprint density at radius 1 is 1.57 bits per heavy atom. The van der Waals surface area contributed by atoms with E-state index in [-0.39, 0.29) is 16.9 Å². The van der Waals surface area contributed by atoms with E-state index in [4.69, 9.17) is 16.0 Å². The molecule has 1 N–H and O–H groups in total. The van der Waals surface area contributed by atoms with Crippen LogP contribution >= 0.6 is 11.6 Å². The second-order valence-electron chi connectivity index (χ2n) is 3.16. The summed E-state index contributed by atoms with van der Waals surface area (Å²) in [7, 11) is 3.88. The van der Waals surface area contributed by atoms with Crippen LogP contribution in [0.2, 0.25) is 5.22 Å². The summed E-state index contributed by atoms with van der Waals surface area (Å²) in [6, 6.07) is 3.09. The molecule has 78 valence electrons. The Hall–Kier alpha value is -1.00. The van der Waals surface area contributed by atoms with E-state index in [0.29, 0.717) is 6.54 Å². The maximum absolute atomic E-state index is 11.4. The first-order valence-electron chi connectivity index (χ1n) is 4.28. The van der Waals surface area contributed by atoms with Crippen LogP contribution in [-0.2, 0) is 0 Å². The van der Waals surface area contributed by atoms with Crippen molar-refractivity contribution < 1.29 is 9.21 Å². The van der Waals surface area contributed by atoms with Crippen molar-refractivity contribution in [1.29, 1.82) is 0 Å². The van der Waals surface area contributed by atoms with Gasteiger partial charge in [-0.3, -0.25) is 4.79 Å². The molecule has 5 heteroatoms. The molecule has 1 heterocycles. The molecule has 0 bridgehead atoms. The molecule has 0 unspecified atom stereocenters. The van der Waals surface area contributed by atoms with E-state index in [2.05, 4.69) is 5.32 Å². The van der Waals surface area contributed by atoms with Crippen molar-refractivity contribution in [2.24, 2.45) is 0 Å². The van der Waals surface area contributed by atoms with Gasteiger partial charge in [-0.25, -0.2) is 0 Å². The molecule has 1 amide bonds. The minimum atomic E-state index is -0.237. The second kappa shape index (κ2) is 5.02. The Morgan fingerprint density at radius 2 is 2.29 bits per heavy atom. The van der Waals surface area contributed by atoms with Crippen molar-refractivity contribution >= 4 is 17.5 Å². The highest BCUT2D eigenvalue weighted by atomic mass is 35.5. The molecule has 0 radical (unpaired) electrons. The number of carbonyl (C=O) groups is 1. The Labute approximate surface area is 87.8 Å². The molecule has 0 saturated carbocycles. The van der Waals surface area contributed by atoms with Crippen LogP contribution < -0.4 is 5.32 Å². The first kappa shape index (κ1) is 11.1. The average Bonchev–Trinajstić information content (AvgIpc) is 2.51. The summed E-state index contributed by atoms with van der Waals surface area (Å²) < 4.78 is 4.94. The van der Waals surface area contributed by atoms with E-state index in [0.717, 1.165) is 6.54 Å². The van der Waals surface area contributed by atoms with Crippen LogP contribution in [0, 0.1) is 0 Å². The van der Waals surface area contributed by atoms with Crippen LogP contribution in [0.4, 0.5) is 0 Å². The Kier molecular flexibility index (Phi) is 3.98. The number of rotatable bonds is 4. The topological polar surface area (TPSA) is 45.5 Å². The second-order valence-corrected chi connectivity index (χ2v) is 3.54. The fraction of sp³-hybridized carbons (Fsp3) is 0.444. The van der Waals surface area contributed by atoms with E-state index >= 15 is 0 Å². The molecule has 0 spiro atoms. The molecule has 1 aromatic rings. The predicted molar refractivity (Wildman–Crippen MR) is 54.6 cm³/mol. The third kappa shape index (κ3) is 3.40. The molecule has 0 aliphatic carbocycles. The molecule has 0 fully saturated rings. The first-order chi connectivity index (χ1) is 6.59. The van der Waals surface area contributed by atoms with Gasteiger partial charge in [-0.1, -0.05) is 0 Å². The zero-order valence-electron chi connectivity index (χ0n) is 8.21. The van der Waals surface area contributed by atoms with Crippen LogP contribution in [-0.4, -0.2) is 38.0 Å². The molecular weight excluding hydrogens is 204 g/mol. The van der Waals surface area contributed by atoms with E-state index in [9.17, 15) is 4.79 Å². The van der Waals surface area contributed by atoms with Crippen LogP contribution in [0.1, 0.15) is 10.6 Å². The van der Waals surface area contributed by atoms with Crippen molar-refractivity contribution in [2.75, 3.05) is 27.2 Å². The molecule has 1 aromatic heterocycles. The molecule has 14 heavy (non-hydrogen) atoms. The number of likely N-dealkylation sites (N-methyl/N-ethyl adjacent to an activating group) is 1. The van der Waals surface area contributed by atoms with Gasteiger partial charge in [0.05, 0.1) is 0 Å². The number of hydrogen-bond donors (Lipinski definition) is 1. The van der Waals surface area contributed by atoms with E-state index in [1.54, 1.807) is 12.1 Å². The highest BCUT2D eigenvalue weighted by Crippen LogP contribution is 2.12. The molecule has 0 saturated heterocycles. The smallest absolute Gasteiger partial charge is 0.287 e. The van der Waals surface area contributed by atoms with Crippen LogP contribution in [0.25, 0.3) is 0 Å². The summed E-state index contributed by atoms with van der Waals surface area (Å²) >= 11 is 5.53. The van der Waals surface area contributed by atoms with Gasteiger partial charge in [0.15, 0.2) is 11.0 Å². The summed E-state index contributed by atoms with van der Waals surface area (Å²) in [5.74, 6) is 0.00695. The number of halogens is 1. The van der Waals surface area contributed by atoms with Gasteiger partial charge in [-0.15, -0.1) is 0 Å². The fourth-order valence-corrected chi connectivity index (χ4v) is 1.06. The monoisotopic (exact) mass is 216 g/mol. The predicted octanol–water partition coefficient (Wildman–Crippen LogP) is 1.22.